The highest BCUT2D eigenvalue weighted by atomic mass is 14.4. The molecule has 0 amide bonds. The molecule has 5 unspecified atom stereocenters. The van der Waals surface area contributed by atoms with Crippen molar-refractivity contribution in [2.24, 2.45) is 130 Å². The molecule has 5 atom stereocenters. The van der Waals surface area contributed by atoms with Crippen LogP contribution in [0.2, 0.25) is 0 Å². The monoisotopic (exact) mass is 1500 g/mol. The van der Waals surface area contributed by atoms with E-state index in [4.69, 9.17) is 0 Å². The summed E-state index contributed by atoms with van der Waals surface area (Å²) in [5.41, 5.74) is 0. The second-order valence-electron chi connectivity index (χ2n) is 36.4. The molecular formula is C106H226. The quantitative estimate of drug-likeness (QED) is 0.144. The zero-order valence-corrected chi connectivity index (χ0v) is 77.5. The molecule has 0 aliphatic heterocycles. The molecule has 10 saturated carbocycles. The summed E-state index contributed by atoms with van der Waals surface area (Å²) < 4.78 is 0. The van der Waals surface area contributed by atoms with E-state index >= 15 is 0 Å². The molecule has 0 aromatic rings. The minimum Gasteiger partial charge on any atom is -0.0776 e. The van der Waals surface area contributed by atoms with Gasteiger partial charge in [0.05, 0.1) is 0 Å². The van der Waals surface area contributed by atoms with Gasteiger partial charge < -0.3 is 0 Å². The molecule has 10 aliphatic carbocycles. The molecular weight excluding hydrogens is 1270 g/mol. The molecule has 10 fully saturated rings. The van der Waals surface area contributed by atoms with Gasteiger partial charge >= 0.3 is 0 Å². The maximum atomic E-state index is 2.45. The van der Waals surface area contributed by atoms with E-state index in [0.29, 0.717) is 0 Å². The Morgan fingerprint density at radius 2 is 0.358 bits per heavy atom. The van der Waals surface area contributed by atoms with E-state index in [2.05, 4.69) is 125 Å². The van der Waals surface area contributed by atoms with E-state index in [1.807, 2.05) is 69.2 Å². The van der Waals surface area contributed by atoms with Crippen molar-refractivity contribution in [1.29, 1.82) is 0 Å². The summed E-state index contributed by atoms with van der Waals surface area (Å²) in [6.45, 7) is 61.6. The summed E-state index contributed by atoms with van der Waals surface area (Å²) in [6.07, 6.45) is 78.9. The molecule has 0 nitrogen and oxygen atoms in total. The first-order chi connectivity index (χ1) is 49.5. The normalized spacial score (nSPS) is 28.7. The predicted molar refractivity (Wildman–Crippen MR) is 503 cm³/mol. The minimum atomic E-state index is 0. The second-order valence-corrected chi connectivity index (χ2v) is 36.4. The number of unbranched alkanes of at least 4 members (excludes halogenated alkanes) is 1. The van der Waals surface area contributed by atoms with Crippen molar-refractivity contribution in [2.45, 2.75) is 557 Å². The van der Waals surface area contributed by atoms with E-state index < -0.39 is 0 Å². The molecule has 10 rings (SSSR count). The smallest absolute Gasteiger partial charge is 0.0386 e. The zero-order chi connectivity index (χ0) is 77.5. The van der Waals surface area contributed by atoms with E-state index in [1.165, 1.54) is 180 Å². The Labute approximate surface area is 683 Å². The van der Waals surface area contributed by atoms with E-state index in [-0.39, 0.29) is 29.7 Å². The van der Waals surface area contributed by atoms with Crippen molar-refractivity contribution in [3.05, 3.63) is 0 Å². The van der Waals surface area contributed by atoms with Gasteiger partial charge in [0.2, 0.25) is 0 Å². The van der Waals surface area contributed by atoms with Gasteiger partial charge in [0, 0.05) is 0 Å². The summed E-state index contributed by atoms with van der Waals surface area (Å²) in [4.78, 5) is 0. The van der Waals surface area contributed by atoms with Crippen LogP contribution < -0.4 is 0 Å². The van der Waals surface area contributed by atoms with E-state index in [1.54, 1.807) is 154 Å². The fourth-order valence-electron chi connectivity index (χ4n) is 20.5. The number of hydrogen-bond acceptors (Lipinski definition) is 0. The first-order valence-corrected chi connectivity index (χ1v) is 49.5. The van der Waals surface area contributed by atoms with E-state index in [0.717, 1.165) is 130 Å². The predicted octanol–water partition coefficient (Wildman–Crippen LogP) is 39.9. The van der Waals surface area contributed by atoms with Crippen LogP contribution in [0.1, 0.15) is 557 Å². The first kappa shape index (κ1) is 119. The Bertz CT molecular complexity index is 1360. The van der Waals surface area contributed by atoms with Gasteiger partial charge in [-0.3, -0.25) is 0 Å². The van der Waals surface area contributed by atoms with Crippen LogP contribution in [0.5, 0.6) is 0 Å². The molecule has 0 heterocycles. The van der Waals surface area contributed by atoms with Gasteiger partial charge in [-0.2, -0.15) is 0 Å². The lowest BCUT2D eigenvalue weighted by Gasteiger charge is -2.42. The largest absolute Gasteiger partial charge is 0.0776 e. The molecule has 650 valence electrons. The Morgan fingerprint density at radius 1 is 0.198 bits per heavy atom. The van der Waals surface area contributed by atoms with Gasteiger partial charge in [-0.1, -0.05) is 455 Å². The van der Waals surface area contributed by atoms with Crippen LogP contribution in [0.15, 0.2) is 0 Å². The third kappa shape index (κ3) is 54.7. The molecule has 0 radical (unpaired) electrons. The summed E-state index contributed by atoms with van der Waals surface area (Å²) in [5, 5.41) is 0. The van der Waals surface area contributed by atoms with Crippen LogP contribution >= 0.6 is 0 Å². The summed E-state index contributed by atoms with van der Waals surface area (Å²) in [5.74, 6) is 22.9. The van der Waals surface area contributed by atoms with Gasteiger partial charge in [0.25, 0.3) is 0 Å². The highest BCUT2D eigenvalue weighted by Gasteiger charge is 2.38. The van der Waals surface area contributed by atoms with Crippen LogP contribution in [-0.2, 0) is 0 Å². The molecule has 0 aromatic heterocycles. The van der Waals surface area contributed by atoms with E-state index in [9.17, 15) is 0 Å². The lowest BCUT2D eigenvalue weighted by molar-refractivity contribution is 0.0946. The molecule has 106 heavy (non-hydrogen) atoms. The van der Waals surface area contributed by atoms with Crippen molar-refractivity contribution >= 4 is 0 Å². The fourth-order valence-corrected chi connectivity index (χ4v) is 20.5. The van der Waals surface area contributed by atoms with Crippen LogP contribution in [0.3, 0.4) is 0 Å². The summed E-state index contributed by atoms with van der Waals surface area (Å²) >= 11 is 0. The number of rotatable bonds is 16. The molecule has 0 spiro atoms. The molecule has 0 heteroatoms. The van der Waals surface area contributed by atoms with Crippen molar-refractivity contribution in [3.8, 4) is 0 Å². The molecule has 0 N–H and O–H groups in total. The fraction of sp³-hybridized carbons (Fsp3) is 1.00. The molecule has 0 saturated heterocycles. The van der Waals surface area contributed by atoms with Crippen LogP contribution in [0, 0.1) is 130 Å². The van der Waals surface area contributed by atoms with Gasteiger partial charge in [-0.15, -0.1) is 0 Å². The maximum Gasteiger partial charge on any atom is -0.0386 e. The van der Waals surface area contributed by atoms with Gasteiger partial charge in [-0.05, 0) is 233 Å². The van der Waals surface area contributed by atoms with Crippen molar-refractivity contribution in [1.82, 2.24) is 0 Å². The maximum absolute atomic E-state index is 2.45. The Hall–Kier alpha value is 0. The Morgan fingerprint density at radius 3 is 0.491 bits per heavy atom. The first-order valence-electron chi connectivity index (χ1n) is 49.5. The van der Waals surface area contributed by atoms with Crippen LogP contribution in [0.4, 0.5) is 0 Å². The summed E-state index contributed by atoms with van der Waals surface area (Å²) in [6, 6.07) is 0. The van der Waals surface area contributed by atoms with Crippen molar-refractivity contribution in [2.75, 3.05) is 0 Å². The van der Waals surface area contributed by atoms with Crippen LogP contribution in [-0.4, -0.2) is 0 Å². The SMILES string of the molecule is C.C.C.C.C1CCC(C2CCC(C3CCC(C4CCCCC4)CC3)CC2)CC1.C1CCC(C2CCC(C3CCC(C4CCCCC4)CC3)CC2)CC1.CC.CC.CC.CC.CC.CC1CCC(C)CC1.CC1CCC(C)CC1.CCC.CCC(C)CC.CCCC.CCCC(C)C(C)C(C)C(C)C(C)CC. The van der Waals surface area contributed by atoms with Gasteiger partial charge in [0.1, 0.15) is 0 Å². The lowest BCUT2D eigenvalue weighted by Crippen LogP contribution is -2.30. The average Bonchev–Trinajstić information content (AvgIpc) is 0.837. The topological polar surface area (TPSA) is 0 Å². The Balaban J connectivity index is -0.000000222. The minimum absolute atomic E-state index is 0. The lowest BCUT2D eigenvalue weighted by atomic mass is 9.64. The second kappa shape index (κ2) is 81.6. The van der Waals surface area contributed by atoms with Crippen LogP contribution in [0.25, 0.3) is 0 Å². The molecule has 10 aliphatic rings. The highest BCUT2D eigenvalue weighted by Crippen LogP contribution is 2.50. The summed E-state index contributed by atoms with van der Waals surface area (Å²) in [7, 11) is 0. The molecule has 0 bridgehead atoms. The zero-order valence-electron chi connectivity index (χ0n) is 77.5. The van der Waals surface area contributed by atoms with Gasteiger partial charge in [0.15, 0.2) is 0 Å². The van der Waals surface area contributed by atoms with Crippen molar-refractivity contribution < 1.29 is 0 Å². The van der Waals surface area contributed by atoms with Gasteiger partial charge in [-0.25, -0.2) is 0 Å². The number of hydrogen-bond donors (Lipinski definition) is 0. The molecule has 0 aromatic carbocycles. The standard InChI is InChI=1S/2C24H42.C15H32.2C8H16.C6H14.C4H10.C3H8.5C2H6.4CH4/c2*1-3-7-19(8-4-1)21-11-15-23(16-12-21)24-17-13-22(14-18-24)20-9-5-2-6-10-20;1-8-10-12(4)14(6)15(7)13(5)11(3)9-2;2*1-7-3-5-8(2)6-4-7;1-4-6(3)5-2;1-3-4-2;1-3-2;5*1-2;;;;/h2*19-24H,1-18H2;11-15H,8-10H2,1-7H3;2*7-8H,3-6H2,1-2H3;6H,4-5H2,1-3H3;3-4H2,1-2H3;3H2,1-2H3;5*1-2H3;4*1H4. The third-order valence-electron chi connectivity index (χ3n) is 29.2. The Kier molecular flexibility index (Phi) is 91.7. The highest BCUT2D eigenvalue weighted by molar-refractivity contribution is 4.89. The van der Waals surface area contributed by atoms with Crippen molar-refractivity contribution in [3.63, 3.8) is 0 Å². The average molecular weight is 1500 g/mol. The third-order valence-corrected chi connectivity index (χ3v) is 29.2.